The largest absolute Gasteiger partial charge is 0.471 e. The van der Waals surface area contributed by atoms with Crippen LogP contribution >= 0.6 is 19.2 Å². The molecule has 4 aromatic heterocycles. The Balaban J connectivity index is 1.32. The van der Waals surface area contributed by atoms with Crippen LogP contribution in [0.25, 0.3) is 22.1 Å². The van der Waals surface area contributed by atoms with Gasteiger partial charge in [0.05, 0.1) is 24.0 Å². The molecular weight excluding hydrogens is 547 g/mol. The molecule has 1 amide bonds. The van der Waals surface area contributed by atoms with E-state index in [0.29, 0.717) is 34.4 Å². The van der Waals surface area contributed by atoms with Gasteiger partial charge in [-0.05, 0) is 38.7 Å². The van der Waals surface area contributed by atoms with Crippen molar-refractivity contribution in [2.45, 2.75) is 51.5 Å². The maximum Gasteiger partial charge on any atom is 0.471 e. The maximum atomic E-state index is 13.2. The van der Waals surface area contributed by atoms with Gasteiger partial charge in [-0.15, -0.1) is 11.3 Å². The Bertz CT molecular complexity index is 1460. The van der Waals surface area contributed by atoms with Crippen molar-refractivity contribution in [3.63, 3.8) is 0 Å². The summed E-state index contributed by atoms with van der Waals surface area (Å²) in [5, 5.41) is 13.8. The number of rotatable bonds is 10. The van der Waals surface area contributed by atoms with Crippen molar-refractivity contribution in [1.29, 1.82) is 0 Å². The SMILES string of the molecule is CCO[C@H]1CC[C@H](n2cc(NC(=O)c3csc(-c4cnn(COP(=O)(O)O)c4)n3)c(-c3ncccn3)n2)CC1. The molecule has 0 aliphatic heterocycles. The molecule has 4 aromatic rings. The molecule has 0 spiro atoms. The Hall–Kier alpha value is -3.33. The first-order chi connectivity index (χ1) is 18.8. The molecule has 1 saturated carbocycles. The Labute approximate surface area is 227 Å². The number of hydrogen-bond acceptors (Lipinski definition) is 10. The van der Waals surface area contributed by atoms with Crippen molar-refractivity contribution in [1.82, 2.24) is 34.5 Å². The minimum atomic E-state index is -4.62. The van der Waals surface area contributed by atoms with Crippen molar-refractivity contribution in [2.75, 3.05) is 11.9 Å². The Kier molecular flexibility index (Phi) is 8.26. The van der Waals surface area contributed by atoms with Gasteiger partial charge in [-0.2, -0.15) is 10.2 Å². The van der Waals surface area contributed by atoms with E-state index < -0.39 is 20.5 Å². The number of aromatic nitrogens is 7. The summed E-state index contributed by atoms with van der Waals surface area (Å²) in [6, 6.07) is 1.89. The molecule has 14 nitrogen and oxygen atoms in total. The standard InChI is InChI=1S/C23H27N8O6PS/c1-2-36-17-6-4-16(5-7-17)31-12-18(20(29-31)21-24-8-3-9-25-21)27-22(32)19-13-39-23(28-19)15-10-26-30(11-15)14-37-38(33,34)35/h3,8-13,16-17H,2,4-7,14H2,1H3,(H,27,32)(H2,33,34,35)/t16-,17-. The van der Waals surface area contributed by atoms with Crippen LogP contribution in [0.3, 0.4) is 0 Å². The second-order valence-corrected chi connectivity index (χ2v) is 10.9. The fourth-order valence-corrected chi connectivity index (χ4v) is 5.39. The lowest BCUT2D eigenvalue weighted by atomic mass is 9.93. The van der Waals surface area contributed by atoms with E-state index in [2.05, 4.69) is 29.9 Å². The summed E-state index contributed by atoms with van der Waals surface area (Å²) >= 11 is 1.23. The summed E-state index contributed by atoms with van der Waals surface area (Å²) < 4.78 is 24.2. The van der Waals surface area contributed by atoms with E-state index in [9.17, 15) is 9.36 Å². The van der Waals surface area contributed by atoms with E-state index in [4.69, 9.17) is 19.6 Å². The molecule has 5 rings (SSSR count). The molecule has 16 heteroatoms. The van der Waals surface area contributed by atoms with Crippen LogP contribution in [0.15, 0.2) is 42.4 Å². The van der Waals surface area contributed by atoms with E-state index in [1.807, 2.05) is 17.8 Å². The van der Waals surface area contributed by atoms with Gasteiger partial charge in [-0.25, -0.2) is 24.2 Å². The van der Waals surface area contributed by atoms with Gasteiger partial charge >= 0.3 is 7.82 Å². The highest BCUT2D eigenvalue weighted by atomic mass is 32.1. The number of carbonyl (C=O) groups excluding carboxylic acids is 1. The topological polar surface area (TPSA) is 179 Å². The normalized spacial score (nSPS) is 17.8. The summed E-state index contributed by atoms with van der Waals surface area (Å²) in [5.41, 5.74) is 1.72. The first kappa shape index (κ1) is 27.2. The smallest absolute Gasteiger partial charge is 0.379 e. The fourth-order valence-electron chi connectivity index (χ4n) is 4.34. The number of carbonyl (C=O) groups is 1. The number of nitrogens with zero attached hydrogens (tertiary/aromatic N) is 7. The Morgan fingerprint density at radius 2 is 1.97 bits per heavy atom. The zero-order chi connectivity index (χ0) is 27.4. The molecule has 1 fully saturated rings. The second kappa shape index (κ2) is 11.8. The highest BCUT2D eigenvalue weighted by Gasteiger charge is 2.26. The highest BCUT2D eigenvalue weighted by Crippen LogP contribution is 2.36. The highest BCUT2D eigenvalue weighted by molar-refractivity contribution is 7.46. The van der Waals surface area contributed by atoms with Crippen LogP contribution in [0.2, 0.25) is 0 Å². The van der Waals surface area contributed by atoms with Gasteiger partial charge in [0.2, 0.25) is 0 Å². The van der Waals surface area contributed by atoms with Crippen molar-refractivity contribution >= 4 is 30.8 Å². The van der Waals surface area contributed by atoms with Crippen LogP contribution in [-0.4, -0.2) is 62.9 Å². The molecule has 39 heavy (non-hydrogen) atoms. The summed E-state index contributed by atoms with van der Waals surface area (Å²) in [6.45, 7) is 2.28. The first-order valence-electron chi connectivity index (χ1n) is 12.3. The summed E-state index contributed by atoms with van der Waals surface area (Å²) in [5.74, 6) is -0.0232. The monoisotopic (exact) mass is 574 g/mol. The van der Waals surface area contributed by atoms with Gasteiger partial charge in [0.1, 0.15) is 10.7 Å². The summed E-state index contributed by atoms with van der Waals surface area (Å²) in [7, 11) is -4.62. The first-order valence-corrected chi connectivity index (χ1v) is 14.7. The molecule has 206 valence electrons. The fraction of sp³-hybridized carbons (Fsp3) is 0.391. The molecule has 0 bridgehead atoms. The van der Waals surface area contributed by atoms with Crippen molar-refractivity contribution < 1.29 is 28.4 Å². The second-order valence-electron chi connectivity index (χ2n) is 8.84. The molecule has 1 aliphatic carbocycles. The lowest BCUT2D eigenvalue weighted by molar-refractivity contribution is 0.0260. The number of amides is 1. The molecule has 1 aliphatic rings. The number of nitrogens with one attached hydrogen (secondary N) is 1. The van der Waals surface area contributed by atoms with Crippen LogP contribution in [0.5, 0.6) is 0 Å². The molecule has 4 heterocycles. The number of thiazole rings is 1. The molecule has 0 atom stereocenters. The van der Waals surface area contributed by atoms with E-state index in [-0.39, 0.29) is 17.8 Å². The zero-order valence-corrected chi connectivity index (χ0v) is 22.7. The van der Waals surface area contributed by atoms with Crippen LogP contribution < -0.4 is 5.32 Å². The van der Waals surface area contributed by atoms with Gasteiger partial charge in [0.15, 0.2) is 18.2 Å². The van der Waals surface area contributed by atoms with Crippen LogP contribution in [0.1, 0.15) is 49.1 Å². The molecule has 0 unspecified atom stereocenters. The third-order valence-electron chi connectivity index (χ3n) is 6.15. The molecule has 0 radical (unpaired) electrons. The summed E-state index contributed by atoms with van der Waals surface area (Å²) in [4.78, 5) is 43.9. The zero-order valence-electron chi connectivity index (χ0n) is 21.0. The van der Waals surface area contributed by atoms with Crippen LogP contribution in [0.4, 0.5) is 5.69 Å². The Morgan fingerprint density at radius 1 is 1.21 bits per heavy atom. The van der Waals surface area contributed by atoms with Crippen molar-refractivity contribution in [2.24, 2.45) is 0 Å². The number of phosphoric acid groups is 1. The number of ether oxygens (including phenoxy) is 1. The predicted molar refractivity (Wildman–Crippen MR) is 141 cm³/mol. The van der Waals surface area contributed by atoms with E-state index in [1.54, 1.807) is 23.8 Å². The molecule has 0 aromatic carbocycles. The number of hydrogen-bond donors (Lipinski definition) is 3. The van der Waals surface area contributed by atoms with Gasteiger partial charge < -0.3 is 19.8 Å². The molecule has 3 N–H and O–H groups in total. The van der Waals surface area contributed by atoms with E-state index >= 15 is 0 Å². The lowest BCUT2D eigenvalue weighted by Gasteiger charge is -2.28. The van der Waals surface area contributed by atoms with Gasteiger partial charge in [-0.1, -0.05) is 0 Å². The minimum absolute atomic E-state index is 0.173. The average Bonchev–Trinajstić information content (AvgIpc) is 3.68. The predicted octanol–water partition coefficient (Wildman–Crippen LogP) is 3.50. The quantitative estimate of drug-likeness (QED) is 0.236. The molecular formula is C23H27N8O6PS. The van der Waals surface area contributed by atoms with E-state index in [0.717, 1.165) is 25.7 Å². The number of phosphoric ester groups is 1. The maximum absolute atomic E-state index is 13.2. The van der Waals surface area contributed by atoms with Gasteiger partial charge in [-0.3, -0.25) is 14.0 Å². The third-order valence-corrected chi connectivity index (χ3v) is 7.50. The van der Waals surface area contributed by atoms with Crippen LogP contribution in [-0.2, 0) is 20.6 Å². The lowest BCUT2D eigenvalue weighted by Crippen LogP contribution is -2.24. The van der Waals surface area contributed by atoms with Crippen molar-refractivity contribution in [3.8, 4) is 22.1 Å². The average molecular weight is 575 g/mol. The van der Waals surface area contributed by atoms with E-state index in [1.165, 1.54) is 28.4 Å². The third kappa shape index (κ3) is 6.82. The molecule has 0 saturated heterocycles. The van der Waals surface area contributed by atoms with Gasteiger partial charge in [0, 0.05) is 42.3 Å². The summed E-state index contributed by atoms with van der Waals surface area (Å²) in [6.07, 6.45) is 12.0. The van der Waals surface area contributed by atoms with Crippen LogP contribution in [0, 0.1) is 0 Å². The number of anilines is 1. The van der Waals surface area contributed by atoms with Gasteiger partial charge in [0.25, 0.3) is 5.91 Å². The minimum Gasteiger partial charge on any atom is -0.379 e. The Morgan fingerprint density at radius 3 is 2.69 bits per heavy atom. The van der Waals surface area contributed by atoms with Crippen molar-refractivity contribution in [3.05, 3.63) is 48.1 Å².